The molecule has 2 amide bonds. The van der Waals surface area contributed by atoms with E-state index in [-0.39, 0.29) is 0 Å². The number of amides is 2. The molecule has 0 unspecified atom stereocenters. The highest BCUT2D eigenvalue weighted by Crippen LogP contribution is 2.38. The van der Waals surface area contributed by atoms with E-state index < -0.39 is 210 Å². The Labute approximate surface area is 379 Å². The van der Waals surface area contributed by atoms with Crippen molar-refractivity contribution in [2.75, 3.05) is 26.4 Å². The first-order chi connectivity index (χ1) is 31.4. The molecule has 67 heavy (non-hydrogen) atoms. The fraction of sp³-hybridized carbons (Fsp3) is 0.919. The summed E-state index contributed by atoms with van der Waals surface area (Å²) >= 11 is 0. The maximum atomic E-state index is 12.8. The first-order valence-electron chi connectivity index (χ1n) is 21.1. The number of hydrogen-bond donors (Lipinski definition) is 18. The van der Waals surface area contributed by atoms with Gasteiger partial charge in [-0.25, -0.2) is 4.79 Å². The molecule has 0 aliphatic carbocycles. The Morgan fingerprint density at radius 1 is 0.627 bits per heavy atom. The van der Waals surface area contributed by atoms with Crippen LogP contribution in [0.2, 0.25) is 0 Å². The van der Waals surface area contributed by atoms with Crippen molar-refractivity contribution in [3.05, 3.63) is 0 Å². The Balaban J connectivity index is 1.50. The molecule has 5 saturated heterocycles. The third-order valence-corrected chi connectivity index (χ3v) is 12.1. The number of carbonyl (C=O) groups excluding carboxylic acids is 2. The number of aliphatic carboxylic acids is 1. The Bertz CT molecular complexity index is 1640. The van der Waals surface area contributed by atoms with E-state index in [9.17, 15) is 96.1 Å². The van der Waals surface area contributed by atoms with Crippen LogP contribution in [0.25, 0.3) is 0 Å². The summed E-state index contributed by atoms with van der Waals surface area (Å²) in [6, 6.07) is -3.40. The molecule has 5 aliphatic rings. The Morgan fingerprint density at radius 3 is 1.70 bits per heavy atom. The number of rotatable bonds is 17. The molecule has 5 aliphatic heterocycles. The quantitative estimate of drug-likeness (QED) is 0.0643. The molecule has 388 valence electrons. The van der Waals surface area contributed by atoms with Gasteiger partial charge in [0.1, 0.15) is 110 Å². The fourth-order valence-corrected chi connectivity index (χ4v) is 8.34. The number of aliphatic hydroxyl groups is 15. The van der Waals surface area contributed by atoms with Crippen LogP contribution in [-0.2, 0) is 57.0 Å². The molecule has 0 aromatic rings. The van der Waals surface area contributed by atoms with E-state index in [0.29, 0.717) is 0 Å². The van der Waals surface area contributed by atoms with Crippen LogP contribution in [0.1, 0.15) is 27.2 Å². The molecule has 30 heteroatoms. The topological polar surface area (TPSA) is 482 Å². The molecular formula is C37H62N2O28. The highest BCUT2D eigenvalue weighted by Gasteiger charge is 2.59. The molecule has 0 bridgehead atoms. The number of ether oxygens (including phenoxy) is 9. The second-order valence-electron chi connectivity index (χ2n) is 16.9. The van der Waals surface area contributed by atoms with E-state index in [4.69, 9.17) is 42.6 Å². The monoisotopic (exact) mass is 982 g/mol. The predicted molar refractivity (Wildman–Crippen MR) is 206 cm³/mol. The van der Waals surface area contributed by atoms with E-state index in [2.05, 4.69) is 10.6 Å². The minimum Gasteiger partial charge on any atom is -0.477 e. The largest absolute Gasteiger partial charge is 0.477 e. The zero-order valence-electron chi connectivity index (χ0n) is 36.0. The lowest BCUT2D eigenvalue weighted by Gasteiger charge is -2.51. The molecule has 0 spiro atoms. The molecule has 0 aromatic carbocycles. The number of carboxylic acid groups (broad SMARTS) is 1. The number of carbonyl (C=O) groups is 3. The van der Waals surface area contributed by atoms with Crippen molar-refractivity contribution < 1.29 is 139 Å². The average Bonchev–Trinajstić information content (AvgIpc) is 3.28. The van der Waals surface area contributed by atoms with Gasteiger partial charge < -0.3 is 135 Å². The zero-order chi connectivity index (χ0) is 50.0. The molecule has 5 heterocycles. The van der Waals surface area contributed by atoms with Crippen LogP contribution in [0, 0.1) is 0 Å². The summed E-state index contributed by atoms with van der Waals surface area (Å²) in [6.07, 6.45) is -46.1. The normalized spacial score (nSPS) is 47.1. The maximum absolute atomic E-state index is 12.8. The summed E-state index contributed by atoms with van der Waals surface area (Å²) in [5, 5.41) is 175. The molecule has 5 fully saturated rings. The molecule has 0 aromatic heterocycles. The SMILES string of the molecule is CC(=O)N[C@@H]1[C@@H](O[C@@H]2O[C@H](CO)[C@H](O)[C@H](O[C@@H]3O[C@H](CO)[C@H](O)[C@H](O)[C@H]3O)[C@H]2O[C@@H]2O[C@@H](C)[C@@H](O)[C@@H](O)[C@@H]2O)[C@@H](O)[C@@H](CO[C@]2(C(=O)O)C[C@H](O)[C@@H](NC(C)=O)[C@H]([C@H](O)[C@H](O)CO)O2)O[C@@H]1O. The van der Waals surface area contributed by atoms with Gasteiger partial charge in [0, 0.05) is 20.3 Å². The lowest BCUT2D eigenvalue weighted by atomic mass is 9.88. The van der Waals surface area contributed by atoms with Crippen molar-refractivity contribution in [3.8, 4) is 0 Å². The molecule has 0 saturated carbocycles. The number of carboxylic acids is 1. The molecule has 5 rings (SSSR count). The van der Waals surface area contributed by atoms with Crippen LogP contribution in [-0.4, -0.2) is 285 Å². The third-order valence-electron chi connectivity index (χ3n) is 12.1. The smallest absolute Gasteiger partial charge is 0.364 e. The van der Waals surface area contributed by atoms with Crippen molar-refractivity contribution >= 4 is 17.8 Å². The highest BCUT2D eigenvalue weighted by molar-refractivity contribution is 5.76. The summed E-state index contributed by atoms with van der Waals surface area (Å²) in [4.78, 5) is 37.3. The van der Waals surface area contributed by atoms with Gasteiger partial charge in [-0.3, -0.25) is 9.59 Å². The molecule has 26 atom stereocenters. The van der Waals surface area contributed by atoms with Gasteiger partial charge >= 0.3 is 5.97 Å². The van der Waals surface area contributed by atoms with E-state index in [1.165, 1.54) is 6.92 Å². The predicted octanol–water partition coefficient (Wildman–Crippen LogP) is -11.4. The first-order valence-corrected chi connectivity index (χ1v) is 21.1. The van der Waals surface area contributed by atoms with Crippen molar-refractivity contribution in [2.45, 2.75) is 186 Å². The zero-order valence-corrected chi connectivity index (χ0v) is 36.0. The number of aliphatic hydroxyl groups excluding tert-OH is 15. The summed E-state index contributed by atoms with van der Waals surface area (Å²) in [5.74, 6) is -6.61. The molecule has 30 nitrogen and oxygen atoms in total. The lowest BCUT2D eigenvalue weighted by Crippen LogP contribution is -2.70. The first kappa shape index (κ1) is 55.4. The van der Waals surface area contributed by atoms with Gasteiger partial charge in [-0.05, 0) is 6.92 Å². The second-order valence-corrected chi connectivity index (χ2v) is 16.9. The molecule has 0 radical (unpaired) electrons. The van der Waals surface area contributed by atoms with Crippen LogP contribution >= 0.6 is 0 Å². The maximum Gasteiger partial charge on any atom is 0.364 e. The van der Waals surface area contributed by atoms with Gasteiger partial charge in [0.05, 0.1) is 44.7 Å². The van der Waals surface area contributed by atoms with Crippen molar-refractivity contribution in [1.29, 1.82) is 0 Å². The van der Waals surface area contributed by atoms with E-state index in [1.54, 1.807) is 0 Å². The van der Waals surface area contributed by atoms with Crippen molar-refractivity contribution in [3.63, 3.8) is 0 Å². The van der Waals surface area contributed by atoms with Crippen LogP contribution in [0.15, 0.2) is 0 Å². The van der Waals surface area contributed by atoms with Gasteiger partial charge in [-0.2, -0.15) is 0 Å². The molecular weight excluding hydrogens is 920 g/mol. The summed E-state index contributed by atoms with van der Waals surface area (Å²) in [5.41, 5.74) is 0. The Hall–Kier alpha value is -2.55. The lowest BCUT2D eigenvalue weighted by molar-refractivity contribution is -0.401. The van der Waals surface area contributed by atoms with E-state index in [0.717, 1.165) is 13.8 Å². The van der Waals surface area contributed by atoms with Gasteiger partial charge in [0.2, 0.25) is 11.8 Å². The van der Waals surface area contributed by atoms with Gasteiger partial charge in [0.25, 0.3) is 5.79 Å². The van der Waals surface area contributed by atoms with E-state index in [1.807, 2.05) is 0 Å². The second kappa shape index (κ2) is 23.1. The number of hydrogen-bond acceptors (Lipinski definition) is 27. The fourth-order valence-electron chi connectivity index (χ4n) is 8.34. The standard InChI is InChI=1S/C37H62N2O28/c1-9-19(47)24(52)26(54)33(60-9)66-31-30(65-34-27(55)25(53)21(49)14(6-41)62-34)22(50)15(7-42)63-35(31)64-28-18(39-11(3)44)32(56)61-16(23(28)51)8-59-37(36(57)58)4-12(45)17(38-10(2)43)29(67-37)20(48)13(46)5-40/h9,12-35,40-42,45-56H,4-8H2,1-3H3,(H,38,43)(H,39,44)(H,57,58)/t9-,12-,13+,14+,15+,16+,17+,18+,19+,20+,21-,22-,23-,24+,25-,26-,27+,28+,29+,30-,31+,32-,33-,34-,35-,37+/m0/s1. The van der Waals surface area contributed by atoms with Crippen molar-refractivity contribution in [2.24, 2.45) is 0 Å². The number of nitrogens with one attached hydrogen (secondary N) is 2. The van der Waals surface area contributed by atoms with Gasteiger partial charge in [-0.15, -0.1) is 0 Å². The van der Waals surface area contributed by atoms with E-state index >= 15 is 0 Å². The van der Waals surface area contributed by atoms with Crippen LogP contribution < -0.4 is 10.6 Å². The third kappa shape index (κ3) is 12.0. The Morgan fingerprint density at radius 2 is 1.13 bits per heavy atom. The molecule has 18 N–H and O–H groups in total. The highest BCUT2D eigenvalue weighted by atomic mass is 16.8. The van der Waals surface area contributed by atoms with Gasteiger partial charge in [-0.1, -0.05) is 0 Å². The summed E-state index contributed by atoms with van der Waals surface area (Å²) in [6.45, 7) is -0.928. The summed E-state index contributed by atoms with van der Waals surface area (Å²) < 4.78 is 51.5. The minimum absolute atomic E-state index is 0.783. The summed E-state index contributed by atoms with van der Waals surface area (Å²) in [7, 11) is 0. The average molecular weight is 983 g/mol. The minimum atomic E-state index is -2.99. The van der Waals surface area contributed by atoms with Crippen LogP contribution in [0.5, 0.6) is 0 Å². The van der Waals surface area contributed by atoms with Gasteiger partial charge in [0.15, 0.2) is 25.2 Å². The van der Waals surface area contributed by atoms with Crippen molar-refractivity contribution in [1.82, 2.24) is 10.6 Å². The van der Waals surface area contributed by atoms with Crippen LogP contribution in [0.3, 0.4) is 0 Å². The Kier molecular flexibility index (Phi) is 19.1. The van der Waals surface area contributed by atoms with Crippen LogP contribution in [0.4, 0.5) is 0 Å².